The van der Waals surface area contributed by atoms with Crippen LogP contribution < -0.4 is 14.2 Å². The van der Waals surface area contributed by atoms with Gasteiger partial charge in [-0.3, -0.25) is 9.59 Å². The fourth-order valence-corrected chi connectivity index (χ4v) is 4.48. The van der Waals surface area contributed by atoms with Crippen molar-refractivity contribution in [2.75, 3.05) is 13.7 Å². The number of carbonyl (C=O) groups is 2. The summed E-state index contributed by atoms with van der Waals surface area (Å²) in [4.78, 5) is 25.6. The molecular weight excluding hydrogens is 510 g/mol. The number of halogens is 1. The van der Waals surface area contributed by atoms with Crippen molar-refractivity contribution in [3.63, 3.8) is 0 Å². The number of Topliss-reactive ketones (excluding diaryl/α,β-unsaturated/α-hetero) is 2. The molecular formula is C28H22BrNO5. The minimum Gasteiger partial charge on any atom is -0.497 e. The number of carbonyl (C=O) groups excluding carboxylic acids is 2. The van der Waals surface area contributed by atoms with Gasteiger partial charge in [-0.05, 0) is 55.0 Å². The van der Waals surface area contributed by atoms with E-state index in [1.807, 2.05) is 55.1 Å². The highest BCUT2D eigenvalue weighted by Crippen LogP contribution is 2.38. The highest BCUT2D eigenvalue weighted by molar-refractivity contribution is 9.10. The van der Waals surface area contributed by atoms with Gasteiger partial charge in [-0.25, -0.2) is 0 Å². The van der Waals surface area contributed by atoms with Gasteiger partial charge < -0.3 is 18.8 Å². The van der Waals surface area contributed by atoms with Gasteiger partial charge in [0, 0.05) is 45.8 Å². The zero-order chi connectivity index (χ0) is 24.7. The lowest BCUT2D eigenvalue weighted by Crippen LogP contribution is -2.11. The molecule has 0 amide bonds. The SMILES string of the molecule is COc1ccc2c(c1)c(/C=C1\Oc3cc(OCC(=O)c4ccc(Br)cc4)cc(C)c3C1=O)cn2C. The Balaban J connectivity index is 1.40. The van der Waals surface area contributed by atoms with Crippen molar-refractivity contribution >= 4 is 44.5 Å². The van der Waals surface area contributed by atoms with E-state index in [0.29, 0.717) is 22.6 Å². The van der Waals surface area contributed by atoms with E-state index in [1.54, 1.807) is 37.5 Å². The number of nitrogens with zero attached hydrogens (tertiary/aromatic N) is 1. The van der Waals surface area contributed by atoms with E-state index in [-0.39, 0.29) is 23.9 Å². The molecule has 3 aromatic carbocycles. The van der Waals surface area contributed by atoms with Crippen LogP contribution in [0, 0.1) is 6.92 Å². The summed E-state index contributed by atoms with van der Waals surface area (Å²) in [7, 11) is 3.57. The van der Waals surface area contributed by atoms with E-state index >= 15 is 0 Å². The molecule has 0 radical (unpaired) electrons. The monoisotopic (exact) mass is 531 g/mol. The van der Waals surface area contributed by atoms with Crippen LogP contribution in [0.3, 0.4) is 0 Å². The summed E-state index contributed by atoms with van der Waals surface area (Å²) < 4.78 is 20.0. The lowest BCUT2D eigenvalue weighted by molar-refractivity contribution is 0.0920. The lowest BCUT2D eigenvalue weighted by Gasteiger charge is -2.09. The van der Waals surface area contributed by atoms with Gasteiger partial charge in [0.25, 0.3) is 0 Å². The topological polar surface area (TPSA) is 66.8 Å². The van der Waals surface area contributed by atoms with Gasteiger partial charge in [-0.2, -0.15) is 0 Å². The average molecular weight is 532 g/mol. The molecule has 0 unspecified atom stereocenters. The fourth-order valence-electron chi connectivity index (χ4n) is 4.21. The Labute approximate surface area is 210 Å². The Bertz CT molecular complexity index is 1510. The van der Waals surface area contributed by atoms with E-state index in [0.717, 1.165) is 32.3 Å². The van der Waals surface area contributed by atoms with Crippen molar-refractivity contribution in [3.05, 3.63) is 93.3 Å². The van der Waals surface area contributed by atoms with E-state index < -0.39 is 0 Å². The number of methoxy groups -OCH3 is 1. The number of ether oxygens (including phenoxy) is 3. The summed E-state index contributed by atoms with van der Waals surface area (Å²) in [6.45, 7) is 1.71. The van der Waals surface area contributed by atoms with Crippen LogP contribution >= 0.6 is 15.9 Å². The summed E-state index contributed by atoms with van der Waals surface area (Å²) >= 11 is 3.36. The van der Waals surface area contributed by atoms with Crippen molar-refractivity contribution in [1.29, 1.82) is 0 Å². The number of allylic oxidation sites excluding steroid dienone is 1. The number of ketones is 2. The zero-order valence-electron chi connectivity index (χ0n) is 19.4. The highest BCUT2D eigenvalue weighted by atomic mass is 79.9. The van der Waals surface area contributed by atoms with E-state index in [9.17, 15) is 9.59 Å². The van der Waals surface area contributed by atoms with Gasteiger partial charge in [0.15, 0.2) is 18.1 Å². The average Bonchev–Trinajstić information content (AvgIpc) is 3.33. The van der Waals surface area contributed by atoms with E-state index in [4.69, 9.17) is 14.2 Å². The molecule has 6 nitrogen and oxygen atoms in total. The van der Waals surface area contributed by atoms with Crippen molar-refractivity contribution in [3.8, 4) is 17.2 Å². The molecule has 35 heavy (non-hydrogen) atoms. The Kier molecular flexibility index (Phi) is 5.94. The second-order valence-corrected chi connectivity index (χ2v) is 9.27. The van der Waals surface area contributed by atoms with Gasteiger partial charge in [0.05, 0.1) is 12.7 Å². The summed E-state index contributed by atoms with van der Waals surface area (Å²) in [6, 6.07) is 16.3. The number of hydrogen-bond acceptors (Lipinski definition) is 5. The fraction of sp³-hybridized carbons (Fsp3) is 0.143. The Morgan fingerprint density at radius 1 is 1.09 bits per heavy atom. The van der Waals surface area contributed by atoms with E-state index in [1.165, 1.54) is 0 Å². The number of aromatic nitrogens is 1. The zero-order valence-corrected chi connectivity index (χ0v) is 21.0. The third-order valence-corrected chi connectivity index (χ3v) is 6.52. The number of fused-ring (bicyclic) bond motifs is 2. The summed E-state index contributed by atoms with van der Waals surface area (Å²) in [6.07, 6.45) is 3.70. The number of aryl methyl sites for hydroxylation is 2. The molecule has 0 bridgehead atoms. The first-order chi connectivity index (χ1) is 16.8. The molecule has 0 saturated carbocycles. The van der Waals surface area contributed by atoms with Gasteiger partial charge in [-0.1, -0.05) is 28.1 Å². The van der Waals surface area contributed by atoms with Crippen molar-refractivity contribution in [1.82, 2.24) is 4.57 Å². The van der Waals surface area contributed by atoms with Crippen LogP contribution in [-0.4, -0.2) is 29.9 Å². The first-order valence-electron chi connectivity index (χ1n) is 11.0. The third kappa shape index (κ3) is 4.35. The minimum absolute atomic E-state index is 0.117. The molecule has 2 heterocycles. The first kappa shape index (κ1) is 22.9. The van der Waals surface area contributed by atoms with Crippen LogP contribution in [0.2, 0.25) is 0 Å². The molecule has 0 spiro atoms. The predicted molar refractivity (Wildman–Crippen MR) is 138 cm³/mol. The molecule has 5 rings (SSSR count). The van der Waals surface area contributed by atoms with Crippen LogP contribution in [0.25, 0.3) is 17.0 Å². The summed E-state index contributed by atoms with van der Waals surface area (Å²) in [5.74, 6) is 1.54. The maximum Gasteiger partial charge on any atom is 0.232 e. The molecule has 1 aliphatic heterocycles. The molecule has 0 aliphatic carbocycles. The minimum atomic E-state index is -0.185. The molecule has 0 fully saturated rings. The predicted octanol–water partition coefficient (Wildman–Crippen LogP) is 6.14. The summed E-state index contributed by atoms with van der Waals surface area (Å²) in [5.41, 5.74) is 3.66. The third-order valence-electron chi connectivity index (χ3n) is 5.99. The van der Waals surface area contributed by atoms with Crippen LogP contribution in [0.1, 0.15) is 31.8 Å². The Morgan fingerprint density at radius 3 is 2.60 bits per heavy atom. The normalized spacial score (nSPS) is 13.7. The van der Waals surface area contributed by atoms with E-state index in [2.05, 4.69) is 15.9 Å². The van der Waals surface area contributed by atoms with Gasteiger partial charge in [0.2, 0.25) is 5.78 Å². The number of rotatable bonds is 6. The molecule has 4 aromatic rings. The Morgan fingerprint density at radius 2 is 1.86 bits per heavy atom. The largest absolute Gasteiger partial charge is 0.497 e. The molecule has 1 aliphatic rings. The molecule has 0 atom stereocenters. The van der Waals surface area contributed by atoms with Crippen LogP contribution in [-0.2, 0) is 7.05 Å². The maximum absolute atomic E-state index is 13.2. The molecule has 1 aromatic heterocycles. The molecule has 176 valence electrons. The van der Waals surface area contributed by atoms with Crippen molar-refractivity contribution < 1.29 is 23.8 Å². The van der Waals surface area contributed by atoms with Gasteiger partial charge >= 0.3 is 0 Å². The van der Waals surface area contributed by atoms with Crippen molar-refractivity contribution in [2.24, 2.45) is 7.05 Å². The quantitative estimate of drug-likeness (QED) is 0.221. The first-order valence-corrected chi connectivity index (χ1v) is 11.8. The van der Waals surface area contributed by atoms with Crippen molar-refractivity contribution in [2.45, 2.75) is 6.92 Å². The number of hydrogen-bond donors (Lipinski definition) is 0. The summed E-state index contributed by atoms with van der Waals surface area (Å²) in [5, 5.41) is 0.957. The second-order valence-electron chi connectivity index (χ2n) is 8.35. The maximum atomic E-state index is 13.2. The second kappa shape index (κ2) is 9.07. The number of benzene rings is 3. The van der Waals surface area contributed by atoms with Crippen LogP contribution in [0.15, 0.2) is 71.0 Å². The van der Waals surface area contributed by atoms with Crippen LogP contribution in [0.4, 0.5) is 0 Å². The van der Waals surface area contributed by atoms with Crippen LogP contribution in [0.5, 0.6) is 17.2 Å². The molecule has 0 N–H and O–H groups in total. The smallest absolute Gasteiger partial charge is 0.232 e. The Hall–Kier alpha value is -3.84. The van der Waals surface area contributed by atoms with Gasteiger partial charge in [0.1, 0.15) is 17.2 Å². The molecule has 7 heteroatoms. The lowest BCUT2D eigenvalue weighted by atomic mass is 10.0. The standard InChI is InChI=1S/C28H22BrNO5/c1-16-10-21(34-15-24(31)17-4-6-19(29)7-5-17)13-25-27(16)28(32)26(35-25)11-18-14-30(2)23-9-8-20(33-3)12-22(18)23/h4-14H,15H2,1-3H3/b26-11-. The highest BCUT2D eigenvalue weighted by Gasteiger charge is 2.30. The molecule has 0 saturated heterocycles. The van der Waals surface area contributed by atoms with Gasteiger partial charge in [-0.15, -0.1) is 0 Å².